The number of nitrogens with zero attached hydrogens (tertiary/aromatic N) is 3. The van der Waals surface area contributed by atoms with Gasteiger partial charge in [-0.05, 0) is 24.3 Å². The Hall–Kier alpha value is -2.00. The quantitative estimate of drug-likeness (QED) is 0.216. The first-order valence-electron chi connectivity index (χ1n) is 9.00. The van der Waals surface area contributed by atoms with E-state index in [0.717, 1.165) is 23.8 Å². The van der Waals surface area contributed by atoms with Gasteiger partial charge in [-0.25, -0.2) is 4.68 Å². The topological polar surface area (TPSA) is 54.2 Å². The maximum Gasteiger partial charge on any atom is 0.191 e. The molecule has 2 aromatic carbocycles. The Kier molecular flexibility index (Phi) is 9.36. The van der Waals surface area contributed by atoms with Gasteiger partial charge in [0, 0.05) is 42.0 Å². The Morgan fingerprint density at radius 3 is 2.43 bits per heavy atom. The standard InChI is InChI=1S/C21H25N5S.HI/c1-17(27-20-11-7-4-8-12-20)13-23-21(22-2)24-14-18-15-25-26(16-18)19-9-5-3-6-10-19;/h3-12,15-17H,13-14H2,1-2H3,(H2,22,23,24);1H. The maximum atomic E-state index is 4.42. The Morgan fingerprint density at radius 1 is 1.07 bits per heavy atom. The van der Waals surface area contributed by atoms with Crippen molar-refractivity contribution in [2.45, 2.75) is 23.6 Å². The number of guanidine groups is 1. The molecule has 2 N–H and O–H groups in total. The number of halogens is 1. The summed E-state index contributed by atoms with van der Waals surface area (Å²) in [5.41, 5.74) is 2.16. The molecule has 28 heavy (non-hydrogen) atoms. The lowest BCUT2D eigenvalue weighted by Crippen LogP contribution is -2.39. The smallest absolute Gasteiger partial charge is 0.191 e. The Balaban J connectivity index is 0.00000280. The first kappa shape index (κ1) is 22.3. The second-order valence-electron chi connectivity index (χ2n) is 6.18. The highest BCUT2D eigenvalue weighted by atomic mass is 127. The Morgan fingerprint density at radius 2 is 1.75 bits per heavy atom. The second kappa shape index (κ2) is 11.8. The Bertz CT molecular complexity index is 852. The largest absolute Gasteiger partial charge is 0.355 e. The van der Waals surface area contributed by atoms with E-state index in [4.69, 9.17) is 0 Å². The number of aliphatic imine (C=N–C) groups is 1. The van der Waals surface area contributed by atoms with Gasteiger partial charge in [0.25, 0.3) is 0 Å². The minimum absolute atomic E-state index is 0. The zero-order valence-corrected chi connectivity index (χ0v) is 19.2. The number of para-hydroxylation sites is 1. The number of rotatable bonds is 7. The number of thioether (sulfide) groups is 1. The molecule has 0 aliphatic rings. The van der Waals surface area contributed by atoms with Gasteiger partial charge in [-0.2, -0.15) is 5.10 Å². The molecule has 0 saturated heterocycles. The van der Waals surface area contributed by atoms with Crippen LogP contribution in [0.5, 0.6) is 0 Å². The molecule has 0 bridgehead atoms. The second-order valence-corrected chi connectivity index (χ2v) is 7.69. The number of aromatic nitrogens is 2. The van der Waals surface area contributed by atoms with Crippen molar-refractivity contribution in [1.82, 2.24) is 20.4 Å². The number of nitrogens with one attached hydrogen (secondary N) is 2. The van der Waals surface area contributed by atoms with Gasteiger partial charge in [0.2, 0.25) is 0 Å². The van der Waals surface area contributed by atoms with Crippen LogP contribution in [0.3, 0.4) is 0 Å². The lowest BCUT2D eigenvalue weighted by Gasteiger charge is -2.15. The summed E-state index contributed by atoms with van der Waals surface area (Å²) in [6, 6.07) is 20.5. The zero-order chi connectivity index (χ0) is 18.9. The van der Waals surface area contributed by atoms with Crippen LogP contribution < -0.4 is 10.6 Å². The molecule has 5 nitrogen and oxygen atoms in total. The molecule has 1 heterocycles. The molecular weight excluding hydrogens is 481 g/mol. The number of hydrogen-bond acceptors (Lipinski definition) is 3. The number of hydrogen-bond donors (Lipinski definition) is 2. The van der Waals surface area contributed by atoms with Gasteiger partial charge in [-0.15, -0.1) is 35.7 Å². The summed E-state index contributed by atoms with van der Waals surface area (Å²) in [7, 11) is 1.79. The highest BCUT2D eigenvalue weighted by Crippen LogP contribution is 2.21. The van der Waals surface area contributed by atoms with Crippen LogP contribution >= 0.6 is 35.7 Å². The van der Waals surface area contributed by atoms with Gasteiger partial charge in [-0.3, -0.25) is 4.99 Å². The zero-order valence-electron chi connectivity index (χ0n) is 16.1. The predicted octanol–water partition coefficient (Wildman–Crippen LogP) is 4.34. The molecule has 0 spiro atoms. The monoisotopic (exact) mass is 507 g/mol. The van der Waals surface area contributed by atoms with Crippen molar-refractivity contribution >= 4 is 41.7 Å². The van der Waals surface area contributed by atoms with Crippen molar-refractivity contribution < 1.29 is 0 Å². The molecule has 1 atom stereocenters. The molecule has 0 fully saturated rings. The molecule has 0 aliphatic heterocycles. The average molecular weight is 507 g/mol. The van der Waals surface area contributed by atoms with Gasteiger partial charge in [0.15, 0.2) is 5.96 Å². The fourth-order valence-electron chi connectivity index (χ4n) is 2.59. The van der Waals surface area contributed by atoms with Gasteiger partial charge >= 0.3 is 0 Å². The average Bonchev–Trinajstić information content (AvgIpc) is 3.19. The van der Waals surface area contributed by atoms with E-state index in [2.05, 4.69) is 51.9 Å². The normalized spacial score (nSPS) is 12.1. The maximum absolute atomic E-state index is 4.42. The van der Waals surface area contributed by atoms with E-state index in [-0.39, 0.29) is 24.0 Å². The molecule has 0 amide bonds. The fraction of sp³-hybridized carbons (Fsp3) is 0.238. The van der Waals surface area contributed by atoms with Crippen LogP contribution in [0.4, 0.5) is 0 Å². The molecule has 3 aromatic rings. The summed E-state index contributed by atoms with van der Waals surface area (Å²) in [6.07, 6.45) is 3.91. The fourth-order valence-corrected chi connectivity index (χ4v) is 3.54. The van der Waals surface area contributed by atoms with E-state index >= 15 is 0 Å². The summed E-state index contributed by atoms with van der Waals surface area (Å²) < 4.78 is 1.88. The van der Waals surface area contributed by atoms with Gasteiger partial charge in [0.05, 0.1) is 11.9 Å². The van der Waals surface area contributed by atoms with Crippen LogP contribution in [0, 0.1) is 0 Å². The van der Waals surface area contributed by atoms with Crippen molar-refractivity contribution in [3.8, 4) is 5.69 Å². The minimum Gasteiger partial charge on any atom is -0.355 e. The summed E-state index contributed by atoms with van der Waals surface area (Å²) in [6.45, 7) is 3.72. The van der Waals surface area contributed by atoms with Crippen molar-refractivity contribution in [1.29, 1.82) is 0 Å². The van der Waals surface area contributed by atoms with E-state index in [0.29, 0.717) is 11.8 Å². The van der Waals surface area contributed by atoms with Crippen LogP contribution in [0.25, 0.3) is 5.69 Å². The Labute approximate surface area is 188 Å². The summed E-state index contributed by atoms with van der Waals surface area (Å²) in [5, 5.41) is 11.6. The molecule has 1 aromatic heterocycles. The molecule has 1 unspecified atom stereocenters. The third kappa shape index (κ3) is 6.87. The summed E-state index contributed by atoms with van der Waals surface area (Å²) in [5.74, 6) is 0.794. The van der Waals surface area contributed by atoms with Crippen LogP contribution in [0.1, 0.15) is 12.5 Å². The molecule has 3 rings (SSSR count). The molecule has 7 heteroatoms. The van der Waals surface area contributed by atoms with Gasteiger partial charge in [-0.1, -0.05) is 43.3 Å². The molecule has 0 radical (unpaired) electrons. The van der Waals surface area contributed by atoms with E-state index in [1.54, 1.807) is 7.05 Å². The third-order valence-corrected chi connectivity index (χ3v) is 5.09. The van der Waals surface area contributed by atoms with Crippen LogP contribution in [0.15, 0.2) is 82.9 Å². The molecule has 0 saturated carbocycles. The lowest BCUT2D eigenvalue weighted by atomic mass is 10.3. The van der Waals surface area contributed by atoms with Gasteiger partial charge in [0.1, 0.15) is 0 Å². The summed E-state index contributed by atoms with van der Waals surface area (Å²) >= 11 is 1.85. The SMILES string of the molecule is CN=C(NCc1cnn(-c2ccccc2)c1)NCC(C)Sc1ccccc1.I. The van der Waals surface area contributed by atoms with E-state index in [1.807, 2.05) is 65.2 Å². The predicted molar refractivity (Wildman–Crippen MR) is 129 cm³/mol. The number of benzene rings is 2. The first-order valence-corrected chi connectivity index (χ1v) is 9.88. The van der Waals surface area contributed by atoms with Crippen molar-refractivity contribution in [2.24, 2.45) is 4.99 Å². The molecular formula is C21H26IN5S. The lowest BCUT2D eigenvalue weighted by molar-refractivity contribution is 0.790. The van der Waals surface area contributed by atoms with Crippen LogP contribution in [-0.2, 0) is 6.54 Å². The van der Waals surface area contributed by atoms with E-state index < -0.39 is 0 Å². The van der Waals surface area contributed by atoms with Crippen molar-refractivity contribution in [3.05, 3.63) is 78.6 Å². The highest BCUT2D eigenvalue weighted by Gasteiger charge is 2.07. The third-order valence-electron chi connectivity index (χ3n) is 3.98. The molecule has 0 aliphatic carbocycles. The van der Waals surface area contributed by atoms with E-state index in [1.165, 1.54) is 4.90 Å². The first-order chi connectivity index (χ1) is 13.2. The van der Waals surface area contributed by atoms with E-state index in [9.17, 15) is 0 Å². The van der Waals surface area contributed by atoms with Crippen LogP contribution in [-0.4, -0.2) is 34.6 Å². The molecule has 148 valence electrons. The van der Waals surface area contributed by atoms with Crippen molar-refractivity contribution in [2.75, 3.05) is 13.6 Å². The van der Waals surface area contributed by atoms with Crippen LogP contribution in [0.2, 0.25) is 0 Å². The minimum atomic E-state index is 0. The summed E-state index contributed by atoms with van der Waals surface area (Å²) in [4.78, 5) is 5.59. The van der Waals surface area contributed by atoms with Crippen molar-refractivity contribution in [3.63, 3.8) is 0 Å². The highest BCUT2D eigenvalue weighted by molar-refractivity contribution is 14.0. The van der Waals surface area contributed by atoms with Gasteiger partial charge < -0.3 is 10.6 Å².